The van der Waals surface area contributed by atoms with Gasteiger partial charge in [0, 0.05) is 13.1 Å². The highest BCUT2D eigenvalue weighted by molar-refractivity contribution is 7.89. The van der Waals surface area contributed by atoms with Crippen LogP contribution in [0.25, 0.3) is 0 Å². The molecule has 1 aromatic heterocycles. The molecule has 7 heteroatoms. The number of aliphatic hydroxyl groups excluding tert-OH is 1. The van der Waals surface area contributed by atoms with Crippen molar-refractivity contribution >= 4 is 10.0 Å². The Hall–Kier alpha value is -0.920. The second kappa shape index (κ2) is 7.75. The lowest BCUT2D eigenvalue weighted by Gasteiger charge is -2.21. The second-order valence-electron chi connectivity index (χ2n) is 4.95. The summed E-state index contributed by atoms with van der Waals surface area (Å²) in [4.78, 5) is 0.237. The maximum Gasteiger partial charge on any atom is 0.246 e. The van der Waals surface area contributed by atoms with Crippen LogP contribution in [0.2, 0.25) is 0 Å². The maximum atomic E-state index is 12.6. The molecule has 0 aromatic carbocycles. The molecule has 0 aliphatic rings. The Balaban J connectivity index is 2.89. The summed E-state index contributed by atoms with van der Waals surface area (Å²) in [6.07, 6.45) is 4.00. The van der Waals surface area contributed by atoms with Gasteiger partial charge in [-0.15, -0.1) is 0 Å². The molecule has 1 heterocycles. The van der Waals surface area contributed by atoms with Gasteiger partial charge in [-0.3, -0.25) is 5.10 Å². The van der Waals surface area contributed by atoms with Crippen molar-refractivity contribution in [2.75, 3.05) is 19.7 Å². The lowest BCUT2D eigenvalue weighted by molar-refractivity contribution is 0.251. The smallest absolute Gasteiger partial charge is 0.246 e. The SMILES string of the molecule is CCCCCCN(CCO)S(=O)(=O)c1c(C)n[nH]c1C. The molecular weight excluding hydrogens is 278 g/mol. The topological polar surface area (TPSA) is 86.3 Å². The molecule has 0 unspecified atom stereocenters. The zero-order valence-corrected chi connectivity index (χ0v) is 13.3. The number of unbranched alkanes of at least 4 members (excludes halogenated alkanes) is 3. The molecule has 0 aliphatic carbocycles. The Morgan fingerprint density at radius 3 is 2.40 bits per heavy atom. The molecule has 116 valence electrons. The first kappa shape index (κ1) is 17.1. The highest BCUT2D eigenvalue weighted by Gasteiger charge is 2.28. The summed E-state index contributed by atoms with van der Waals surface area (Å²) >= 11 is 0. The molecule has 0 bridgehead atoms. The van der Waals surface area contributed by atoms with Crippen LogP contribution in [0.1, 0.15) is 44.0 Å². The van der Waals surface area contributed by atoms with Crippen LogP contribution < -0.4 is 0 Å². The first-order valence-electron chi connectivity index (χ1n) is 7.07. The van der Waals surface area contributed by atoms with E-state index >= 15 is 0 Å². The quantitative estimate of drug-likeness (QED) is 0.678. The predicted molar refractivity (Wildman–Crippen MR) is 78.0 cm³/mol. The monoisotopic (exact) mass is 303 g/mol. The van der Waals surface area contributed by atoms with E-state index < -0.39 is 10.0 Å². The summed E-state index contributed by atoms with van der Waals surface area (Å²) in [5.74, 6) is 0. The van der Waals surface area contributed by atoms with Crippen LogP contribution in [0.4, 0.5) is 0 Å². The minimum Gasteiger partial charge on any atom is -0.395 e. The van der Waals surface area contributed by atoms with Crippen molar-refractivity contribution in [1.29, 1.82) is 0 Å². The Morgan fingerprint density at radius 2 is 1.90 bits per heavy atom. The number of rotatable bonds is 9. The van der Waals surface area contributed by atoms with Gasteiger partial charge in [-0.1, -0.05) is 26.2 Å². The minimum absolute atomic E-state index is 0.124. The van der Waals surface area contributed by atoms with E-state index in [0.717, 1.165) is 25.7 Å². The molecule has 20 heavy (non-hydrogen) atoms. The minimum atomic E-state index is -3.59. The van der Waals surface area contributed by atoms with Gasteiger partial charge in [-0.05, 0) is 20.3 Å². The summed E-state index contributed by atoms with van der Waals surface area (Å²) in [5.41, 5.74) is 1.01. The third kappa shape index (κ3) is 4.04. The van der Waals surface area contributed by atoms with Crippen LogP contribution in [0.5, 0.6) is 0 Å². The Labute approximate surface area is 121 Å². The Bertz CT molecular complexity index is 491. The standard InChI is InChI=1S/C13H25N3O3S/c1-4-5-6-7-8-16(9-10-17)20(18,19)13-11(2)14-15-12(13)3/h17H,4-10H2,1-3H3,(H,14,15). The molecule has 1 rings (SSSR count). The average Bonchev–Trinajstić information content (AvgIpc) is 2.73. The van der Waals surface area contributed by atoms with Crippen molar-refractivity contribution in [1.82, 2.24) is 14.5 Å². The van der Waals surface area contributed by atoms with Gasteiger partial charge in [0.25, 0.3) is 0 Å². The Morgan fingerprint density at radius 1 is 1.20 bits per heavy atom. The molecule has 0 saturated heterocycles. The van der Waals surface area contributed by atoms with Crippen LogP contribution in [0.3, 0.4) is 0 Å². The molecule has 0 amide bonds. The van der Waals surface area contributed by atoms with E-state index in [4.69, 9.17) is 5.11 Å². The highest BCUT2D eigenvalue weighted by atomic mass is 32.2. The van der Waals surface area contributed by atoms with Crippen molar-refractivity contribution in [3.8, 4) is 0 Å². The first-order valence-corrected chi connectivity index (χ1v) is 8.51. The van der Waals surface area contributed by atoms with Crippen molar-refractivity contribution < 1.29 is 13.5 Å². The van der Waals surface area contributed by atoms with Crippen molar-refractivity contribution in [2.24, 2.45) is 0 Å². The molecule has 0 aliphatic heterocycles. The highest BCUT2D eigenvalue weighted by Crippen LogP contribution is 2.22. The molecular formula is C13H25N3O3S. The molecule has 6 nitrogen and oxygen atoms in total. The van der Waals surface area contributed by atoms with Crippen LogP contribution >= 0.6 is 0 Å². The second-order valence-corrected chi connectivity index (χ2v) is 6.83. The van der Waals surface area contributed by atoms with E-state index in [0.29, 0.717) is 17.9 Å². The van der Waals surface area contributed by atoms with Crippen molar-refractivity contribution in [3.05, 3.63) is 11.4 Å². The molecule has 1 aromatic rings. The van der Waals surface area contributed by atoms with E-state index in [1.807, 2.05) is 0 Å². The third-order valence-electron chi connectivity index (χ3n) is 3.27. The molecule has 0 radical (unpaired) electrons. The number of aromatic nitrogens is 2. The fraction of sp³-hybridized carbons (Fsp3) is 0.769. The molecule has 0 spiro atoms. The van der Waals surface area contributed by atoms with Gasteiger partial charge < -0.3 is 5.11 Å². The number of aryl methyl sites for hydroxylation is 2. The number of sulfonamides is 1. The fourth-order valence-corrected chi connectivity index (χ4v) is 4.03. The van der Waals surface area contributed by atoms with Crippen molar-refractivity contribution in [3.63, 3.8) is 0 Å². The van der Waals surface area contributed by atoms with Gasteiger partial charge in [0.2, 0.25) is 10.0 Å². The predicted octanol–water partition coefficient (Wildman–Crippen LogP) is 1.59. The van der Waals surface area contributed by atoms with Crippen LogP contribution in [-0.4, -0.2) is 47.7 Å². The van der Waals surface area contributed by atoms with E-state index in [2.05, 4.69) is 17.1 Å². The van der Waals surface area contributed by atoms with Crippen LogP contribution in [-0.2, 0) is 10.0 Å². The van der Waals surface area contributed by atoms with Gasteiger partial charge >= 0.3 is 0 Å². The van der Waals surface area contributed by atoms with E-state index in [9.17, 15) is 8.42 Å². The summed E-state index contributed by atoms with van der Waals surface area (Å²) in [6.45, 7) is 5.86. The number of hydrogen-bond acceptors (Lipinski definition) is 4. The van der Waals surface area contributed by atoms with Gasteiger partial charge in [-0.25, -0.2) is 8.42 Å². The summed E-state index contributed by atoms with van der Waals surface area (Å²) in [5, 5.41) is 15.7. The lowest BCUT2D eigenvalue weighted by atomic mass is 10.2. The largest absolute Gasteiger partial charge is 0.395 e. The molecule has 0 saturated carbocycles. The number of aromatic amines is 1. The van der Waals surface area contributed by atoms with E-state index in [-0.39, 0.29) is 18.0 Å². The number of H-pyrrole nitrogens is 1. The fourth-order valence-electron chi connectivity index (χ4n) is 2.23. The van der Waals surface area contributed by atoms with Gasteiger partial charge in [0.05, 0.1) is 18.0 Å². The molecule has 0 fully saturated rings. The molecule has 2 N–H and O–H groups in total. The number of aliphatic hydroxyl groups is 1. The van der Waals surface area contributed by atoms with Crippen LogP contribution in [0, 0.1) is 13.8 Å². The number of nitrogens with zero attached hydrogens (tertiary/aromatic N) is 2. The van der Waals surface area contributed by atoms with Gasteiger partial charge in [-0.2, -0.15) is 9.40 Å². The number of nitrogens with one attached hydrogen (secondary N) is 1. The average molecular weight is 303 g/mol. The van der Waals surface area contributed by atoms with E-state index in [1.54, 1.807) is 13.8 Å². The Kier molecular flexibility index (Phi) is 6.64. The van der Waals surface area contributed by atoms with Gasteiger partial charge in [0.15, 0.2) is 0 Å². The molecule has 0 atom stereocenters. The summed E-state index contributed by atoms with van der Waals surface area (Å²) < 4.78 is 26.6. The van der Waals surface area contributed by atoms with Gasteiger partial charge in [0.1, 0.15) is 4.90 Å². The van der Waals surface area contributed by atoms with Crippen LogP contribution in [0.15, 0.2) is 4.90 Å². The third-order valence-corrected chi connectivity index (χ3v) is 5.43. The van der Waals surface area contributed by atoms with Crippen molar-refractivity contribution in [2.45, 2.75) is 51.3 Å². The summed E-state index contributed by atoms with van der Waals surface area (Å²) in [7, 11) is -3.59. The first-order chi connectivity index (χ1) is 9.45. The lowest BCUT2D eigenvalue weighted by Crippen LogP contribution is -2.35. The maximum absolute atomic E-state index is 12.6. The normalized spacial score (nSPS) is 12.2. The zero-order valence-electron chi connectivity index (χ0n) is 12.5. The summed E-state index contributed by atoms with van der Waals surface area (Å²) in [6, 6.07) is 0. The van der Waals surface area contributed by atoms with E-state index in [1.165, 1.54) is 4.31 Å². The number of hydrogen-bond donors (Lipinski definition) is 2. The zero-order chi connectivity index (χ0) is 15.2.